The van der Waals surface area contributed by atoms with E-state index in [4.69, 9.17) is 30.5 Å². The van der Waals surface area contributed by atoms with E-state index in [2.05, 4.69) is 0 Å². The smallest absolute Gasteiger partial charge is 0.266 e. The van der Waals surface area contributed by atoms with Crippen LogP contribution < -0.4 is 18.9 Å². The molecule has 1 fully saturated rings. The Balaban J connectivity index is 1.37. The molecule has 3 aromatic carbocycles. The Labute approximate surface area is 191 Å². The van der Waals surface area contributed by atoms with Gasteiger partial charge in [0.25, 0.3) is 5.91 Å². The number of halogens is 1. The van der Waals surface area contributed by atoms with Gasteiger partial charge in [0.1, 0.15) is 17.5 Å². The Kier molecular flexibility index (Phi) is 5.53. The third-order valence-corrected chi connectivity index (χ3v) is 6.02. The number of benzene rings is 3. The maximum atomic E-state index is 13.1. The minimum atomic E-state index is -0.618. The molecule has 6 nitrogen and oxygen atoms in total. The zero-order valence-corrected chi connectivity index (χ0v) is 18.2. The summed E-state index contributed by atoms with van der Waals surface area (Å²) < 4.78 is 22.3. The number of likely N-dealkylation sites (tertiary alicyclic amines) is 1. The van der Waals surface area contributed by atoms with Gasteiger partial charge in [-0.25, -0.2) is 0 Å². The maximum absolute atomic E-state index is 13.1. The molecule has 7 heteroatoms. The van der Waals surface area contributed by atoms with Crippen LogP contribution in [0.25, 0.3) is 0 Å². The van der Waals surface area contributed by atoms with Crippen molar-refractivity contribution in [2.75, 3.05) is 20.4 Å². The zero-order chi connectivity index (χ0) is 22.1. The minimum Gasteiger partial charge on any atom is -0.497 e. The van der Waals surface area contributed by atoms with Gasteiger partial charge in [-0.15, -0.1) is 0 Å². The number of fused-ring (bicyclic) bond motifs is 1. The van der Waals surface area contributed by atoms with Gasteiger partial charge < -0.3 is 23.8 Å². The van der Waals surface area contributed by atoms with Gasteiger partial charge >= 0.3 is 0 Å². The summed E-state index contributed by atoms with van der Waals surface area (Å²) in [5, 5.41) is 0.616. The number of hydrogen-bond donors (Lipinski definition) is 0. The summed E-state index contributed by atoms with van der Waals surface area (Å²) in [7, 11) is 1.64. The third kappa shape index (κ3) is 3.94. The monoisotopic (exact) mass is 451 g/mol. The van der Waals surface area contributed by atoms with E-state index < -0.39 is 6.10 Å². The first-order valence-electron chi connectivity index (χ1n) is 10.4. The molecule has 2 aliphatic heterocycles. The molecule has 0 saturated carbocycles. The van der Waals surface area contributed by atoms with Crippen LogP contribution in [0.15, 0.2) is 66.7 Å². The van der Waals surface area contributed by atoms with E-state index in [0.717, 1.165) is 23.3 Å². The average Bonchev–Trinajstić information content (AvgIpc) is 3.29. The van der Waals surface area contributed by atoms with Gasteiger partial charge in [0.05, 0.1) is 7.11 Å². The molecular weight excluding hydrogens is 430 g/mol. The van der Waals surface area contributed by atoms with Crippen molar-refractivity contribution >= 4 is 17.5 Å². The summed E-state index contributed by atoms with van der Waals surface area (Å²) in [6, 6.07) is 20.5. The molecule has 2 atom stereocenters. The molecule has 0 spiro atoms. The molecule has 32 heavy (non-hydrogen) atoms. The molecule has 3 aromatic rings. The highest BCUT2D eigenvalue weighted by Gasteiger charge is 2.50. The van der Waals surface area contributed by atoms with Crippen LogP contribution in [0, 0.1) is 0 Å². The zero-order valence-electron chi connectivity index (χ0n) is 17.5. The number of β-lactam (4-membered cyclic amide) rings is 1. The number of carbonyl (C=O) groups excluding carboxylic acids is 1. The quantitative estimate of drug-likeness (QED) is 0.489. The Bertz CT molecular complexity index is 1120. The number of methoxy groups -OCH3 is 1. The van der Waals surface area contributed by atoms with Crippen molar-refractivity contribution in [1.29, 1.82) is 0 Å². The molecule has 0 bridgehead atoms. The molecule has 2 aliphatic rings. The lowest BCUT2D eigenvalue weighted by molar-refractivity contribution is -0.164. The van der Waals surface area contributed by atoms with E-state index in [1.165, 1.54) is 0 Å². The van der Waals surface area contributed by atoms with Crippen molar-refractivity contribution in [2.45, 2.75) is 18.6 Å². The van der Waals surface area contributed by atoms with Crippen molar-refractivity contribution in [3.8, 4) is 23.0 Å². The number of nitrogens with zero attached hydrogens (tertiary/aromatic N) is 1. The number of hydrogen-bond acceptors (Lipinski definition) is 5. The van der Waals surface area contributed by atoms with Crippen molar-refractivity contribution in [3.63, 3.8) is 0 Å². The molecule has 0 radical (unpaired) electrons. The summed E-state index contributed by atoms with van der Waals surface area (Å²) in [6.07, 6.45) is 0.109. The largest absolute Gasteiger partial charge is 0.497 e. The number of rotatable bonds is 7. The SMILES string of the molecule is COc1ccc(CCN2C(=O)[C@H](Oc3ccc(Cl)cc3)[C@H]2c2ccc3c(c2)OCO3)cc1. The first kappa shape index (κ1) is 20.5. The van der Waals surface area contributed by atoms with Crippen molar-refractivity contribution in [1.82, 2.24) is 4.90 Å². The number of amides is 1. The van der Waals surface area contributed by atoms with Crippen LogP contribution in [-0.4, -0.2) is 37.4 Å². The van der Waals surface area contributed by atoms with E-state index in [-0.39, 0.29) is 18.7 Å². The molecule has 1 saturated heterocycles. The second-order valence-corrected chi connectivity index (χ2v) is 8.12. The molecule has 164 valence electrons. The molecule has 0 unspecified atom stereocenters. The topological polar surface area (TPSA) is 57.2 Å². The highest BCUT2D eigenvalue weighted by molar-refractivity contribution is 6.30. The van der Waals surface area contributed by atoms with E-state index >= 15 is 0 Å². The van der Waals surface area contributed by atoms with Gasteiger partial charge in [0.15, 0.2) is 11.5 Å². The fourth-order valence-electron chi connectivity index (χ4n) is 4.03. The Morgan fingerprint density at radius 1 is 0.969 bits per heavy atom. The maximum Gasteiger partial charge on any atom is 0.266 e. The van der Waals surface area contributed by atoms with Crippen molar-refractivity contribution < 1.29 is 23.7 Å². The van der Waals surface area contributed by atoms with Crippen LogP contribution in [-0.2, 0) is 11.2 Å². The van der Waals surface area contributed by atoms with Crippen LogP contribution in [0.4, 0.5) is 0 Å². The van der Waals surface area contributed by atoms with Gasteiger partial charge in [-0.1, -0.05) is 29.8 Å². The minimum absolute atomic E-state index is 0.0453. The van der Waals surface area contributed by atoms with E-state index in [9.17, 15) is 4.79 Å². The number of ether oxygens (including phenoxy) is 4. The Morgan fingerprint density at radius 2 is 1.69 bits per heavy atom. The summed E-state index contributed by atoms with van der Waals surface area (Å²) >= 11 is 5.98. The Hall–Kier alpha value is -3.38. The second kappa shape index (κ2) is 8.63. The standard InChI is InChI=1S/C25H22ClNO5/c1-29-19-7-2-16(3-8-19)12-13-27-23(17-4-11-21-22(14-17)31-15-30-21)24(25(27)28)32-20-9-5-18(26)6-10-20/h2-11,14,23-24H,12-13,15H2,1H3/t23-,24-/m1/s1. The fourth-order valence-corrected chi connectivity index (χ4v) is 4.16. The van der Waals surface area contributed by atoms with Gasteiger partial charge in [-0.3, -0.25) is 4.79 Å². The molecule has 5 rings (SSSR count). The lowest BCUT2D eigenvalue weighted by Crippen LogP contribution is -2.61. The molecule has 0 N–H and O–H groups in total. The van der Waals surface area contributed by atoms with Gasteiger partial charge in [0, 0.05) is 11.6 Å². The molecule has 0 aromatic heterocycles. The van der Waals surface area contributed by atoms with Crippen LogP contribution in [0.1, 0.15) is 17.2 Å². The number of carbonyl (C=O) groups is 1. The first-order chi connectivity index (χ1) is 15.6. The van der Waals surface area contributed by atoms with Crippen LogP contribution in [0.5, 0.6) is 23.0 Å². The summed E-state index contributed by atoms with van der Waals surface area (Å²) in [4.78, 5) is 14.9. The molecular formula is C25H22ClNO5. The lowest BCUT2D eigenvalue weighted by Gasteiger charge is -2.47. The van der Waals surface area contributed by atoms with Gasteiger partial charge in [-0.05, 0) is 66.1 Å². The highest BCUT2D eigenvalue weighted by atomic mass is 35.5. The van der Waals surface area contributed by atoms with Gasteiger partial charge in [-0.2, -0.15) is 0 Å². The summed E-state index contributed by atoms with van der Waals surface area (Å²) in [5.74, 6) is 2.76. The lowest BCUT2D eigenvalue weighted by atomic mass is 9.89. The van der Waals surface area contributed by atoms with Crippen molar-refractivity contribution in [3.05, 3.63) is 82.9 Å². The second-order valence-electron chi connectivity index (χ2n) is 7.68. The predicted molar refractivity (Wildman–Crippen MR) is 120 cm³/mol. The van der Waals surface area contributed by atoms with Gasteiger partial charge in [0.2, 0.25) is 12.9 Å². The fraction of sp³-hybridized carbons (Fsp3) is 0.240. The first-order valence-corrected chi connectivity index (χ1v) is 10.8. The van der Waals surface area contributed by atoms with E-state index in [1.807, 2.05) is 47.4 Å². The third-order valence-electron chi connectivity index (χ3n) is 5.76. The van der Waals surface area contributed by atoms with E-state index in [0.29, 0.717) is 28.8 Å². The normalized spacial score (nSPS) is 18.9. The van der Waals surface area contributed by atoms with Crippen LogP contribution >= 0.6 is 11.6 Å². The van der Waals surface area contributed by atoms with Crippen molar-refractivity contribution in [2.24, 2.45) is 0 Å². The molecule has 2 heterocycles. The van der Waals surface area contributed by atoms with E-state index in [1.54, 1.807) is 31.4 Å². The average molecular weight is 452 g/mol. The molecule has 0 aliphatic carbocycles. The van der Waals surface area contributed by atoms with Crippen LogP contribution in [0.3, 0.4) is 0 Å². The predicted octanol–water partition coefficient (Wildman–Crippen LogP) is 4.65. The summed E-state index contributed by atoms with van der Waals surface area (Å²) in [6.45, 7) is 0.777. The molecule has 1 amide bonds. The van der Waals surface area contributed by atoms with Crippen LogP contribution in [0.2, 0.25) is 5.02 Å². The Morgan fingerprint density at radius 3 is 2.44 bits per heavy atom. The summed E-state index contributed by atoms with van der Waals surface area (Å²) in [5.41, 5.74) is 2.08. The highest BCUT2D eigenvalue weighted by Crippen LogP contribution is 2.42.